The highest BCUT2D eigenvalue weighted by Gasteiger charge is 2.29. The zero-order valence-electron chi connectivity index (χ0n) is 14.7. The van der Waals surface area contributed by atoms with Crippen LogP contribution in [0.5, 0.6) is 5.75 Å². The first-order chi connectivity index (χ1) is 12.7. The van der Waals surface area contributed by atoms with Crippen molar-refractivity contribution in [3.05, 3.63) is 41.7 Å². The number of aromatic amines is 1. The molecule has 1 amide bonds. The van der Waals surface area contributed by atoms with Crippen molar-refractivity contribution < 1.29 is 13.9 Å². The first-order valence-electron chi connectivity index (χ1n) is 9.24. The molecule has 0 unspecified atom stereocenters. The molecule has 1 N–H and O–H groups in total. The van der Waals surface area contributed by atoms with Gasteiger partial charge in [0, 0.05) is 25.4 Å². The van der Waals surface area contributed by atoms with Gasteiger partial charge in [-0.1, -0.05) is 0 Å². The van der Waals surface area contributed by atoms with E-state index < -0.39 is 0 Å². The summed E-state index contributed by atoms with van der Waals surface area (Å²) in [5, 5.41) is 7.37. The normalized spacial score (nSPS) is 18.1. The van der Waals surface area contributed by atoms with Crippen molar-refractivity contribution in [2.24, 2.45) is 5.92 Å². The van der Waals surface area contributed by atoms with Gasteiger partial charge in [0.15, 0.2) is 12.4 Å². The summed E-state index contributed by atoms with van der Waals surface area (Å²) in [7, 11) is 0. The molecule has 1 aliphatic heterocycles. The zero-order chi connectivity index (χ0) is 17.9. The van der Waals surface area contributed by atoms with Crippen LogP contribution in [-0.2, 0) is 11.2 Å². The van der Waals surface area contributed by atoms with Crippen molar-refractivity contribution in [1.82, 2.24) is 20.1 Å². The summed E-state index contributed by atoms with van der Waals surface area (Å²) in [6.07, 6.45) is 5.23. The van der Waals surface area contributed by atoms with Crippen molar-refractivity contribution >= 4 is 5.91 Å². The number of hydrogen-bond donors (Lipinski definition) is 1. The number of rotatable bonds is 6. The number of aromatic nitrogens is 3. The predicted molar refractivity (Wildman–Crippen MR) is 93.3 cm³/mol. The minimum absolute atomic E-state index is 0.0108. The van der Waals surface area contributed by atoms with Crippen LogP contribution in [0.4, 0.5) is 4.39 Å². The fourth-order valence-corrected chi connectivity index (χ4v) is 3.35. The molecule has 2 heterocycles. The number of H-pyrrole nitrogens is 1. The zero-order valence-corrected chi connectivity index (χ0v) is 14.7. The minimum atomic E-state index is -0.318. The SMILES string of the molecule is O=C(COc1ccc(F)cc1)N1CCC(Cc2nc(C3CC3)n[nH]2)CC1. The minimum Gasteiger partial charge on any atom is -0.484 e. The Labute approximate surface area is 151 Å². The van der Waals surface area contributed by atoms with E-state index in [2.05, 4.69) is 15.2 Å². The Morgan fingerprint density at radius 2 is 1.92 bits per heavy atom. The second-order valence-corrected chi connectivity index (χ2v) is 7.19. The van der Waals surface area contributed by atoms with Gasteiger partial charge >= 0.3 is 0 Å². The number of amides is 1. The standard InChI is InChI=1S/C19H23FN4O2/c20-15-3-5-16(6-4-15)26-12-18(25)24-9-7-13(8-10-24)11-17-21-19(23-22-17)14-1-2-14/h3-6,13-14H,1-2,7-12H2,(H,21,22,23). The molecule has 6 nitrogen and oxygen atoms in total. The Kier molecular flexibility index (Phi) is 4.86. The van der Waals surface area contributed by atoms with Crippen molar-refractivity contribution in [3.63, 3.8) is 0 Å². The monoisotopic (exact) mass is 358 g/mol. The van der Waals surface area contributed by atoms with E-state index in [0.29, 0.717) is 17.6 Å². The fourth-order valence-electron chi connectivity index (χ4n) is 3.35. The number of piperidine rings is 1. The van der Waals surface area contributed by atoms with E-state index >= 15 is 0 Å². The van der Waals surface area contributed by atoms with Crippen molar-refractivity contribution in [3.8, 4) is 5.75 Å². The molecule has 0 bridgehead atoms. The second kappa shape index (κ2) is 7.43. The molecule has 2 aromatic rings. The molecule has 1 saturated heterocycles. The number of hydrogen-bond acceptors (Lipinski definition) is 4. The molecule has 0 spiro atoms. The summed E-state index contributed by atoms with van der Waals surface area (Å²) in [6.45, 7) is 1.46. The Morgan fingerprint density at radius 3 is 2.62 bits per heavy atom. The van der Waals surface area contributed by atoms with Crippen LogP contribution in [0.1, 0.15) is 43.3 Å². The molecule has 4 rings (SSSR count). The summed E-state index contributed by atoms with van der Waals surface area (Å²) >= 11 is 0. The van der Waals surface area contributed by atoms with Crippen molar-refractivity contribution in [2.45, 2.75) is 38.0 Å². The lowest BCUT2D eigenvalue weighted by atomic mass is 9.93. The summed E-state index contributed by atoms with van der Waals surface area (Å²) in [5.74, 6) is 3.19. The van der Waals surface area contributed by atoms with E-state index in [4.69, 9.17) is 4.74 Å². The second-order valence-electron chi connectivity index (χ2n) is 7.19. The van der Waals surface area contributed by atoms with E-state index in [1.807, 2.05) is 4.90 Å². The van der Waals surface area contributed by atoms with Crippen LogP contribution in [0.25, 0.3) is 0 Å². The van der Waals surface area contributed by atoms with Gasteiger partial charge in [-0.2, -0.15) is 5.10 Å². The number of benzene rings is 1. The Hall–Kier alpha value is -2.44. The molecular formula is C19H23FN4O2. The van der Waals surface area contributed by atoms with Gasteiger partial charge in [-0.3, -0.25) is 9.89 Å². The van der Waals surface area contributed by atoms with Gasteiger partial charge in [0.05, 0.1) is 0 Å². The van der Waals surface area contributed by atoms with Crippen LogP contribution in [-0.4, -0.2) is 45.7 Å². The highest BCUT2D eigenvalue weighted by molar-refractivity contribution is 5.77. The molecule has 2 aliphatic rings. The van der Waals surface area contributed by atoms with Crippen LogP contribution >= 0.6 is 0 Å². The lowest BCUT2D eigenvalue weighted by molar-refractivity contribution is -0.134. The van der Waals surface area contributed by atoms with E-state index in [-0.39, 0.29) is 18.3 Å². The van der Waals surface area contributed by atoms with Crippen LogP contribution in [0.15, 0.2) is 24.3 Å². The maximum absolute atomic E-state index is 12.9. The average molecular weight is 358 g/mol. The fraction of sp³-hybridized carbons (Fsp3) is 0.526. The molecule has 138 valence electrons. The third-order valence-corrected chi connectivity index (χ3v) is 5.12. The molecular weight excluding hydrogens is 335 g/mol. The molecule has 2 fully saturated rings. The van der Waals surface area contributed by atoms with E-state index in [1.165, 1.54) is 37.1 Å². The lowest BCUT2D eigenvalue weighted by Crippen LogP contribution is -2.41. The highest BCUT2D eigenvalue weighted by Crippen LogP contribution is 2.37. The number of carbonyl (C=O) groups is 1. The van der Waals surface area contributed by atoms with E-state index in [1.54, 1.807) is 0 Å². The van der Waals surface area contributed by atoms with Crippen LogP contribution in [0, 0.1) is 11.7 Å². The number of likely N-dealkylation sites (tertiary alicyclic amines) is 1. The molecule has 1 aromatic heterocycles. The third-order valence-electron chi connectivity index (χ3n) is 5.12. The molecule has 1 aliphatic carbocycles. The molecule has 7 heteroatoms. The highest BCUT2D eigenvalue weighted by atomic mass is 19.1. The molecule has 1 saturated carbocycles. The smallest absolute Gasteiger partial charge is 0.260 e. The van der Waals surface area contributed by atoms with Gasteiger partial charge in [-0.05, 0) is 55.9 Å². The summed E-state index contributed by atoms with van der Waals surface area (Å²) < 4.78 is 18.3. The quantitative estimate of drug-likeness (QED) is 0.862. The van der Waals surface area contributed by atoms with Crippen molar-refractivity contribution in [1.29, 1.82) is 0 Å². The maximum Gasteiger partial charge on any atom is 0.260 e. The van der Waals surface area contributed by atoms with Gasteiger partial charge < -0.3 is 9.64 Å². The number of nitrogens with zero attached hydrogens (tertiary/aromatic N) is 3. The van der Waals surface area contributed by atoms with Crippen LogP contribution in [0.2, 0.25) is 0 Å². The topological polar surface area (TPSA) is 71.1 Å². The van der Waals surface area contributed by atoms with E-state index in [0.717, 1.165) is 44.0 Å². The first kappa shape index (κ1) is 17.0. The van der Waals surface area contributed by atoms with Crippen LogP contribution < -0.4 is 4.74 Å². The number of halogens is 1. The Bertz CT molecular complexity index is 749. The first-order valence-corrected chi connectivity index (χ1v) is 9.24. The van der Waals surface area contributed by atoms with E-state index in [9.17, 15) is 9.18 Å². The number of ether oxygens (including phenoxy) is 1. The largest absolute Gasteiger partial charge is 0.484 e. The summed E-state index contributed by atoms with van der Waals surface area (Å²) in [5.41, 5.74) is 0. The average Bonchev–Trinajstić information content (AvgIpc) is 3.41. The van der Waals surface area contributed by atoms with Gasteiger partial charge in [-0.15, -0.1) is 0 Å². The maximum atomic E-state index is 12.9. The van der Waals surface area contributed by atoms with Crippen molar-refractivity contribution in [2.75, 3.05) is 19.7 Å². The molecule has 26 heavy (non-hydrogen) atoms. The van der Waals surface area contributed by atoms with Gasteiger partial charge in [0.25, 0.3) is 5.91 Å². The van der Waals surface area contributed by atoms with Crippen LogP contribution in [0.3, 0.4) is 0 Å². The molecule has 1 aromatic carbocycles. The third kappa shape index (κ3) is 4.20. The summed E-state index contributed by atoms with van der Waals surface area (Å²) in [4.78, 5) is 18.7. The van der Waals surface area contributed by atoms with Gasteiger partial charge in [0.1, 0.15) is 17.4 Å². The lowest BCUT2D eigenvalue weighted by Gasteiger charge is -2.31. The molecule has 0 radical (unpaired) electrons. The van der Waals surface area contributed by atoms with Gasteiger partial charge in [0.2, 0.25) is 0 Å². The Morgan fingerprint density at radius 1 is 1.19 bits per heavy atom. The molecule has 0 atom stereocenters. The summed E-state index contributed by atoms with van der Waals surface area (Å²) in [6, 6.07) is 5.71. The van der Waals surface area contributed by atoms with Gasteiger partial charge in [-0.25, -0.2) is 9.37 Å². The number of carbonyl (C=O) groups excluding carboxylic acids is 1. The predicted octanol–water partition coefficient (Wildman–Crippen LogP) is 2.68. The number of nitrogens with one attached hydrogen (secondary N) is 1. The Balaban J connectivity index is 1.21.